The van der Waals surface area contributed by atoms with Gasteiger partial charge in [0.2, 0.25) is 0 Å². The maximum absolute atomic E-state index is 14.1. The fourth-order valence-corrected chi connectivity index (χ4v) is 3.70. The number of hydrogen-bond acceptors (Lipinski definition) is 3. The van der Waals surface area contributed by atoms with Crippen LogP contribution >= 0.6 is 0 Å². The molecule has 140 valence electrons. The monoisotopic (exact) mass is 366 g/mol. The normalized spacial score (nSPS) is 15.9. The Labute approximate surface area is 158 Å². The van der Waals surface area contributed by atoms with Gasteiger partial charge in [-0.05, 0) is 23.9 Å². The van der Waals surface area contributed by atoms with Crippen molar-refractivity contribution in [1.29, 1.82) is 0 Å². The van der Waals surface area contributed by atoms with Gasteiger partial charge in [0.1, 0.15) is 11.6 Å². The number of carbonyl (C=O) groups is 1. The molecule has 1 aliphatic rings. The lowest BCUT2D eigenvalue weighted by Crippen LogP contribution is -2.35. The van der Waals surface area contributed by atoms with Crippen LogP contribution in [0.3, 0.4) is 0 Å². The number of aryl methyl sites for hydroxylation is 1. The number of hydrogen-bond donors (Lipinski definition) is 0. The molecule has 4 rings (SSSR count). The SMILES string of the molecule is Cn1ccnc1CN1CCCN(C(=O)c2ccc(F)c3ccccc23)CC1. The molecule has 0 radical (unpaired) electrons. The third-order valence-electron chi connectivity index (χ3n) is 5.26. The van der Waals surface area contributed by atoms with Crippen LogP contribution in [0.2, 0.25) is 0 Å². The summed E-state index contributed by atoms with van der Waals surface area (Å²) < 4.78 is 16.1. The van der Waals surface area contributed by atoms with Gasteiger partial charge in [0, 0.05) is 56.6 Å². The third kappa shape index (κ3) is 3.57. The van der Waals surface area contributed by atoms with E-state index in [1.807, 2.05) is 41.0 Å². The number of rotatable bonds is 3. The number of fused-ring (bicyclic) bond motifs is 1. The van der Waals surface area contributed by atoms with Gasteiger partial charge in [-0.1, -0.05) is 24.3 Å². The Kier molecular flexibility index (Phi) is 4.90. The highest BCUT2D eigenvalue weighted by atomic mass is 19.1. The number of amides is 1. The smallest absolute Gasteiger partial charge is 0.254 e. The first kappa shape index (κ1) is 17.7. The average molecular weight is 366 g/mol. The number of nitrogens with zero attached hydrogens (tertiary/aromatic N) is 4. The summed E-state index contributed by atoms with van der Waals surface area (Å²) in [6.07, 6.45) is 4.67. The van der Waals surface area contributed by atoms with Gasteiger partial charge in [-0.2, -0.15) is 0 Å². The van der Waals surface area contributed by atoms with E-state index in [2.05, 4.69) is 9.88 Å². The second-order valence-electron chi connectivity index (χ2n) is 7.02. The zero-order valence-corrected chi connectivity index (χ0v) is 15.4. The Morgan fingerprint density at radius 2 is 1.89 bits per heavy atom. The van der Waals surface area contributed by atoms with E-state index in [0.29, 0.717) is 29.4 Å². The van der Waals surface area contributed by atoms with Crippen LogP contribution in [0.5, 0.6) is 0 Å². The summed E-state index contributed by atoms with van der Waals surface area (Å²) in [5.74, 6) is 0.712. The molecule has 6 heteroatoms. The van der Waals surface area contributed by atoms with Crippen molar-refractivity contribution < 1.29 is 9.18 Å². The molecule has 1 aromatic heterocycles. The Morgan fingerprint density at radius 3 is 2.67 bits per heavy atom. The lowest BCUT2D eigenvalue weighted by Gasteiger charge is -2.22. The van der Waals surface area contributed by atoms with Gasteiger partial charge in [-0.3, -0.25) is 9.69 Å². The van der Waals surface area contributed by atoms with Crippen molar-refractivity contribution in [1.82, 2.24) is 19.4 Å². The summed E-state index contributed by atoms with van der Waals surface area (Å²) in [5.41, 5.74) is 0.574. The van der Waals surface area contributed by atoms with Crippen LogP contribution < -0.4 is 0 Å². The summed E-state index contributed by atoms with van der Waals surface area (Å²) in [4.78, 5) is 21.7. The van der Waals surface area contributed by atoms with E-state index >= 15 is 0 Å². The average Bonchev–Trinajstić information content (AvgIpc) is 2.94. The van der Waals surface area contributed by atoms with E-state index in [1.54, 1.807) is 18.2 Å². The molecule has 3 aromatic rings. The van der Waals surface area contributed by atoms with Crippen molar-refractivity contribution in [3.63, 3.8) is 0 Å². The zero-order valence-electron chi connectivity index (χ0n) is 15.4. The molecule has 0 atom stereocenters. The fraction of sp³-hybridized carbons (Fsp3) is 0.333. The van der Waals surface area contributed by atoms with Gasteiger partial charge in [0.15, 0.2) is 0 Å². The first-order valence-electron chi connectivity index (χ1n) is 9.28. The standard InChI is InChI=1S/C21H23FN4O/c1-24-12-9-23-20(24)15-25-10-4-11-26(14-13-25)21(27)18-7-8-19(22)17-6-3-2-5-16(17)18/h2-3,5-9,12H,4,10-11,13-15H2,1H3. The Balaban J connectivity index is 1.50. The zero-order chi connectivity index (χ0) is 18.8. The molecular weight excluding hydrogens is 343 g/mol. The van der Waals surface area contributed by atoms with E-state index in [0.717, 1.165) is 31.9 Å². The molecule has 0 saturated carbocycles. The molecule has 2 aromatic carbocycles. The fourth-order valence-electron chi connectivity index (χ4n) is 3.70. The quantitative estimate of drug-likeness (QED) is 0.715. The van der Waals surface area contributed by atoms with Crippen LogP contribution in [0.15, 0.2) is 48.8 Å². The minimum atomic E-state index is -0.292. The summed E-state index contributed by atoms with van der Waals surface area (Å²) in [5, 5.41) is 1.17. The Morgan fingerprint density at radius 1 is 1.07 bits per heavy atom. The molecule has 5 nitrogen and oxygen atoms in total. The molecule has 0 unspecified atom stereocenters. The summed E-state index contributed by atoms with van der Waals surface area (Å²) in [6, 6.07) is 10.2. The van der Waals surface area contributed by atoms with Crippen LogP contribution in [-0.2, 0) is 13.6 Å². The topological polar surface area (TPSA) is 41.4 Å². The molecule has 1 saturated heterocycles. The largest absolute Gasteiger partial charge is 0.337 e. The Bertz CT molecular complexity index is 968. The van der Waals surface area contributed by atoms with E-state index in [-0.39, 0.29) is 11.7 Å². The predicted octanol–water partition coefficient (Wildman–Crippen LogP) is 3.06. The second-order valence-corrected chi connectivity index (χ2v) is 7.02. The van der Waals surface area contributed by atoms with E-state index in [9.17, 15) is 9.18 Å². The molecular formula is C21H23FN4O. The minimum absolute atomic E-state index is 0.0231. The van der Waals surface area contributed by atoms with E-state index in [4.69, 9.17) is 0 Å². The summed E-state index contributed by atoms with van der Waals surface area (Å²) in [7, 11) is 2.00. The molecule has 1 fully saturated rings. The third-order valence-corrected chi connectivity index (χ3v) is 5.26. The van der Waals surface area contributed by atoms with Crippen molar-refractivity contribution in [3.05, 3.63) is 66.0 Å². The summed E-state index contributed by atoms with van der Waals surface area (Å²) >= 11 is 0. The van der Waals surface area contributed by atoms with Gasteiger partial charge in [0.05, 0.1) is 6.54 Å². The second kappa shape index (κ2) is 7.48. The van der Waals surface area contributed by atoms with Gasteiger partial charge < -0.3 is 9.47 Å². The predicted molar refractivity (Wildman–Crippen MR) is 103 cm³/mol. The maximum atomic E-state index is 14.1. The van der Waals surface area contributed by atoms with Gasteiger partial charge in [-0.25, -0.2) is 9.37 Å². The van der Waals surface area contributed by atoms with Crippen molar-refractivity contribution >= 4 is 16.7 Å². The summed E-state index contributed by atoms with van der Waals surface area (Å²) in [6.45, 7) is 3.89. The van der Waals surface area contributed by atoms with Crippen molar-refractivity contribution in [3.8, 4) is 0 Å². The number of benzene rings is 2. The molecule has 0 spiro atoms. The molecule has 27 heavy (non-hydrogen) atoms. The highest BCUT2D eigenvalue weighted by Crippen LogP contribution is 2.23. The Hall–Kier alpha value is -2.73. The molecule has 1 amide bonds. The number of imidazole rings is 1. The van der Waals surface area contributed by atoms with Crippen molar-refractivity contribution in [2.24, 2.45) is 7.05 Å². The van der Waals surface area contributed by atoms with Crippen LogP contribution in [-0.4, -0.2) is 51.4 Å². The van der Waals surface area contributed by atoms with Crippen LogP contribution in [0.1, 0.15) is 22.6 Å². The molecule has 1 aliphatic heterocycles. The maximum Gasteiger partial charge on any atom is 0.254 e. The molecule has 0 bridgehead atoms. The highest BCUT2D eigenvalue weighted by molar-refractivity contribution is 6.07. The van der Waals surface area contributed by atoms with Crippen LogP contribution in [0.4, 0.5) is 4.39 Å². The first-order valence-corrected chi connectivity index (χ1v) is 9.28. The van der Waals surface area contributed by atoms with Gasteiger partial charge in [0.25, 0.3) is 5.91 Å². The first-order chi connectivity index (χ1) is 13.1. The van der Waals surface area contributed by atoms with Gasteiger partial charge in [-0.15, -0.1) is 0 Å². The van der Waals surface area contributed by atoms with Gasteiger partial charge >= 0.3 is 0 Å². The van der Waals surface area contributed by atoms with Crippen LogP contribution in [0.25, 0.3) is 10.8 Å². The van der Waals surface area contributed by atoms with Crippen LogP contribution in [0, 0.1) is 5.82 Å². The molecule has 0 aliphatic carbocycles. The lowest BCUT2D eigenvalue weighted by atomic mass is 10.0. The number of carbonyl (C=O) groups excluding carboxylic acids is 1. The van der Waals surface area contributed by atoms with Crippen molar-refractivity contribution in [2.75, 3.05) is 26.2 Å². The van der Waals surface area contributed by atoms with E-state index in [1.165, 1.54) is 6.07 Å². The molecule has 2 heterocycles. The number of aromatic nitrogens is 2. The molecule has 0 N–H and O–H groups in total. The lowest BCUT2D eigenvalue weighted by molar-refractivity contribution is 0.0763. The van der Waals surface area contributed by atoms with E-state index < -0.39 is 0 Å². The minimum Gasteiger partial charge on any atom is -0.337 e. The number of halogens is 1. The van der Waals surface area contributed by atoms with Crippen molar-refractivity contribution in [2.45, 2.75) is 13.0 Å². The highest BCUT2D eigenvalue weighted by Gasteiger charge is 2.22.